The van der Waals surface area contributed by atoms with Crippen LogP contribution in [0.15, 0.2) is 78.9 Å². The normalized spacial score (nSPS) is 10.2. The molecule has 0 bridgehead atoms. The Hall–Kier alpha value is -3.20. The third-order valence-corrected chi connectivity index (χ3v) is 3.80. The molecule has 0 aliphatic rings. The molecule has 3 aromatic carbocycles. The highest BCUT2D eigenvalue weighted by Crippen LogP contribution is 2.21. The zero-order valence-corrected chi connectivity index (χ0v) is 13.2. The van der Waals surface area contributed by atoms with Gasteiger partial charge in [0.15, 0.2) is 11.6 Å². The molecule has 0 fully saturated rings. The van der Waals surface area contributed by atoms with Crippen molar-refractivity contribution in [2.45, 2.75) is 0 Å². The highest BCUT2D eigenvalue weighted by molar-refractivity contribution is 6.12. The second kappa shape index (κ2) is 6.92. The van der Waals surface area contributed by atoms with E-state index in [0.717, 1.165) is 0 Å². The molecule has 0 unspecified atom stereocenters. The maximum absolute atomic E-state index is 12.6. The number of hydrogen-bond donors (Lipinski definition) is 0. The first-order chi connectivity index (χ1) is 11.7. The van der Waals surface area contributed by atoms with Crippen LogP contribution in [0.1, 0.15) is 31.8 Å². The number of rotatable bonds is 5. The zero-order chi connectivity index (χ0) is 16.9. The molecule has 3 nitrogen and oxygen atoms in total. The monoisotopic (exact) mass is 316 g/mol. The molecule has 0 saturated heterocycles. The number of para-hydroxylation sites is 1. The Morgan fingerprint density at radius 1 is 0.625 bits per heavy atom. The van der Waals surface area contributed by atoms with E-state index >= 15 is 0 Å². The van der Waals surface area contributed by atoms with Crippen LogP contribution in [-0.2, 0) is 0 Å². The summed E-state index contributed by atoms with van der Waals surface area (Å²) >= 11 is 0. The molecule has 3 heteroatoms. The van der Waals surface area contributed by atoms with Gasteiger partial charge in [0.1, 0.15) is 5.75 Å². The van der Waals surface area contributed by atoms with Crippen molar-refractivity contribution in [2.75, 3.05) is 7.11 Å². The van der Waals surface area contributed by atoms with Gasteiger partial charge in [-0.15, -0.1) is 0 Å². The number of benzene rings is 3. The maximum atomic E-state index is 12.6. The van der Waals surface area contributed by atoms with Crippen LogP contribution in [0.25, 0.3) is 0 Å². The Bertz CT molecular complexity index is 865. The summed E-state index contributed by atoms with van der Waals surface area (Å²) in [7, 11) is 1.54. The minimum absolute atomic E-state index is 0.0631. The Morgan fingerprint density at radius 2 is 1.12 bits per heavy atom. The number of carbonyl (C=O) groups is 2. The second-order valence-electron chi connectivity index (χ2n) is 5.30. The molecule has 0 aliphatic carbocycles. The van der Waals surface area contributed by atoms with Gasteiger partial charge < -0.3 is 4.74 Å². The molecule has 0 heterocycles. The van der Waals surface area contributed by atoms with Crippen molar-refractivity contribution in [3.05, 3.63) is 101 Å². The van der Waals surface area contributed by atoms with E-state index < -0.39 is 0 Å². The van der Waals surface area contributed by atoms with Gasteiger partial charge in [-0.1, -0.05) is 66.7 Å². The third kappa shape index (κ3) is 3.10. The van der Waals surface area contributed by atoms with E-state index in [2.05, 4.69) is 0 Å². The quantitative estimate of drug-likeness (QED) is 0.664. The number of ether oxygens (including phenoxy) is 1. The fraction of sp³-hybridized carbons (Fsp3) is 0.0476. The van der Waals surface area contributed by atoms with Crippen LogP contribution in [0.4, 0.5) is 0 Å². The molecule has 0 amide bonds. The molecule has 0 aromatic heterocycles. The summed E-state index contributed by atoms with van der Waals surface area (Å²) in [4.78, 5) is 25.0. The molecule has 0 N–H and O–H groups in total. The number of carbonyl (C=O) groups excluding carboxylic acids is 2. The summed E-state index contributed by atoms with van der Waals surface area (Å²) in [6.45, 7) is 0. The van der Waals surface area contributed by atoms with Crippen molar-refractivity contribution < 1.29 is 14.3 Å². The lowest BCUT2D eigenvalue weighted by Gasteiger charge is -2.08. The van der Waals surface area contributed by atoms with E-state index in [4.69, 9.17) is 4.74 Å². The predicted octanol–water partition coefficient (Wildman–Crippen LogP) is 4.16. The lowest BCUT2D eigenvalue weighted by Crippen LogP contribution is -2.05. The molecule has 0 spiro atoms. The van der Waals surface area contributed by atoms with E-state index in [1.165, 1.54) is 7.11 Å². The number of methoxy groups -OCH3 is 1. The van der Waals surface area contributed by atoms with Crippen LogP contribution in [-0.4, -0.2) is 18.7 Å². The van der Waals surface area contributed by atoms with Crippen LogP contribution in [0.3, 0.4) is 0 Å². The summed E-state index contributed by atoms with van der Waals surface area (Å²) in [6, 6.07) is 22.9. The van der Waals surface area contributed by atoms with E-state index in [9.17, 15) is 9.59 Å². The summed E-state index contributed by atoms with van der Waals surface area (Å²) in [5, 5.41) is 0. The largest absolute Gasteiger partial charge is 0.496 e. The molecule has 3 rings (SSSR count). The fourth-order valence-corrected chi connectivity index (χ4v) is 2.52. The van der Waals surface area contributed by atoms with Crippen LogP contribution in [0, 0.1) is 0 Å². The lowest BCUT2D eigenvalue weighted by atomic mass is 9.98. The van der Waals surface area contributed by atoms with Crippen molar-refractivity contribution in [1.29, 1.82) is 0 Å². The van der Waals surface area contributed by atoms with E-state index in [0.29, 0.717) is 28.0 Å². The van der Waals surface area contributed by atoms with Gasteiger partial charge in [0.2, 0.25) is 0 Å². The highest BCUT2D eigenvalue weighted by Gasteiger charge is 2.15. The smallest absolute Gasteiger partial charge is 0.196 e. The fourth-order valence-electron chi connectivity index (χ4n) is 2.52. The molecule has 3 aromatic rings. The standard InChI is InChI=1S/C21H16O3/c1-24-19-10-6-5-9-18(19)21(23)17-13-11-16(12-14-17)20(22)15-7-3-2-4-8-15/h2-14H,1H3. The topological polar surface area (TPSA) is 43.4 Å². The predicted molar refractivity (Wildman–Crippen MR) is 92.7 cm³/mol. The lowest BCUT2D eigenvalue weighted by molar-refractivity contribution is 0.102. The van der Waals surface area contributed by atoms with Gasteiger partial charge in [-0.2, -0.15) is 0 Å². The molecule has 0 saturated carbocycles. The van der Waals surface area contributed by atoms with Crippen LogP contribution < -0.4 is 4.74 Å². The van der Waals surface area contributed by atoms with Gasteiger partial charge in [0.05, 0.1) is 12.7 Å². The van der Waals surface area contributed by atoms with Crippen molar-refractivity contribution >= 4 is 11.6 Å². The first-order valence-corrected chi connectivity index (χ1v) is 7.58. The van der Waals surface area contributed by atoms with Crippen LogP contribution in [0.5, 0.6) is 5.75 Å². The summed E-state index contributed by atoms with van der Waals surface area (Å²) in [5.41, 5.74) is 2.20. The van der Waals surface area contributed by atoms with Gasteiger partial charge >= 0.3 is 0 Å². The van der Waals surface area contributed by atoms with Gasteiger partial charge in [-0.3, -0.25) is 9.59 Å². The average molecular weight is 316 g/mol. The Balaban J connectivity index is 1.87. The highest BCUT2D eigenvalue weighted by atomic mass is 16.5. The number of ketones is 2. The van der Waals surface area contributed by atoms with Crippen LogP contribution in [0.2, 0.25) is 0 Å². The first-order valence-electron chi connectivity index (χ1n) is 7.58. The maximum Gasteiger partial charge on any atom is 0.196 e. The van der Waals surface area contributed by atoms with E-state index in [1.807, 2.05) is 24.3 Å². The molecule has 0 radical (unpaired) electrons. The van der Waals surface area contributed by atoms with Crippen molar-refractivity contribution in [2.24, 2.45) is 0 Å². The zero-order valence-electron chi connectivity index (χ0n) is 13.2. The summed E-state index contributed by atoms with van der Waals surface area (Å²) < 4.78 is 5.23. The average Bonchev–Trinajstić information content (AvgIpc) is 2.67. The molecule has 24 heavy (non-hydrogen) atoms. The first kappa shape index (κ1) is 15.7. The second-order valence-corrected chi connectivity index (χ2v) is 5.30. The third-order valence-electron chi connectivity index (χ3n) is 3.80. The molecular formula is C21H16O3. The van der Waals surface area contributed by atoms with Gasteiger partial charge in [-0.25, -0.2) is 0 Å². The van der Waals surface area contributed by atoms with Crippen molar-refractivity contribution in [1.82, 2.24) is 0 Å². The van der Waals surface area contributed by atoms with Crippen LogP contribution >= 0.6 is 0 Å². The SMILES string of the molecule is COc1ccccc1C(=O)c1ccc(C(=O)c2ccccc2)cc1. The van der Waals surface area contributed by atoms with Gasteiger partial charge in [-0.05, 0) is 12.1 Å². The van der Waals surface area contributed by atoms with Crippen molar-refractivity contribution in [3.63, 3.8) is 0 Å². The Morgan fingerprint density at radius 3 is 1.75 bits per heavy atom. The van der Waals surface area contributed by atoms with E-state index in [1.54, 1.807) is 54.6 Å². The molecule has 0 atom stereocenters. The minimum Gasteiger partial charge on any atom is -0.496 e. The molecular weight excluding hydrogens is 300 g/mol. The summed E-state index contributed by atoms with van der Waals surface area (Å²) in [5.74, 6) is 0.338. The minimum atomic E-state index is -0.133. The molecule has 0 aliphatic heterocycles. The Labute approximate surface area is 140 Å². The van der Waals surface area contributed by atoms with Crippen molar-refractivity contribution in [3.8, 4) is 5.75 Å². The molecule has 118 valence electrons. The van der Waals surface area contributed by atoms with Gasteiger partial charge in [0, 0.05) is 16.7 Å². The van der Waals surface area contributed by atoms with E-state index in [-0.39, 0.29) is 11.6 Å². The van der Waals surface area contributed by atoms with Gasteiger partial charge in [0.25, 0.3) is 0 Å². The number of hydrogen-bond acceptors (Lipinski definition) is 3. The Kier molecular flexibility index (Phi) is 4.52. The summed E-state index contributed by atoms with van der Waals surface area (Å²) in [6.07, 6.45) is 0.